The summed E-state index contributed by atoms with van der Waals surface area (Å²) in [6.45, 7) is 6.89. The summed E-state index contributed by atoms with van der Waals surface area (Å²) in [5, 5.41) is 13.9. The number of benzene rings is 1. The molecule has 1 heterocycles. The fourth-order valence-corrected chi connectivity index (χ4v) is 2.20. The van der Waals surface area contributed by atoms with Crippen LogP contribution in [0.1, 0.15) is 30.0 Å². The van der Waals surface area contributed by atoms with Crippen molar-refractivity contribution in [2.75, 3.05) is 11.4 Å². The number of phenols is 1. The van der Waals surface area contributed by atoms with Gasteiger partial charge in [-0.15, -0.1) is 0 Å². The highest BCUT2D eigenvalue weighted by atomic mass is 16.3. The van der Waals surface area contributed by atoms with Crippen LogP contribution in [-0.2, 0) is 6.54 Å². The van der Waals surface area contributed by atoms with Gasteiger partial charge in [-0.3, -0.25) is 9.48 Å². The van der Waals surface area contributed by atoms with Gasteiger partial charge in [0.15, 0.2) is 0 Å². The number of hydrogen-bond acceptors (Lipinski definition) is 3. The van der Waals surface area contributed by atoms with E-state index < -0.39 is 0 Å². The second-order valence-corrected chi connectivity index (χ2v) is 4.56. The Balaban J connectivity index is 2.38. The van der Waals surface area contributed by atoms with E-state index in [2.05, 4.69) is 5.10 Å². The van der Waals surface area contributed by atoms with E-state index >= 15 is 0 Å². The second-order valence-electron chi connectivity index (χ2n) is 4.56. The van der Waals surface area contributed by atoms with Gasteiger partial charge in [0.25, 0.3) is 5.91 Å². The number of carbonyl (C=O) groups is 1. The Hall–Kier alpha value is -2.30. The van der Waals surface area contributed by atoms with Crippen molar-refractivity contribution in [1.29, 1.82) is 0 Å². The number of phenolic OH excluding ortho intramolecular Hbond substituents is 1. The Bertz CT molecular complexity index is 619. The quantitative estimate of drug-likeness (QED) is 0.931. The van der Waals surface area contributed by atoms with Crippen LogP contribution in [0.25, 0.3) is 0 Å². The van der Waals surface area contributed by atoms with E-state index in [0.717, 1.165) is 5.69 Å². The summed E-state index contributed by atoms with van der Waals surface area (Å²) in [5.74, 6) is 0.0366. The van der Waals surface area contributed by atoms with Crippen molar-refractivity contribution in [2.24, 2.45) is 0 Å². The molecule has 1 aromatic heterocycles. The molecule has 0 saturated heterocycles. The lowest BCUT2D eigenvalue weighted by Crippen LogP contribution is -2.32. The molecular weight excluding hydrogens is 254 g/mol. The van der Waals surface area contributed by atoms with Gasteiger partial charge in [0.2, 0.25) is 0 Å². The summed E-state index contributed by atoms with van der Waals surface area (Å²) in [6, 6.07) is 8.49. The molecule has 0 aliphatic heterocycles. The zero-order valence-corrected chi connectivity index (χ0v) is 12.0. The third-order valence-corrected chi connectivity index (χ3v) is 3.12. The predicted octanol–water partition coefficient (Wildman–Crippen LogP) is 2.58. The van der Waals surface area contributed by atoms with Gasteiger partial charge in [0, 0.05) is 24.8 Å². The lowest BCUT2D eigenvalue weighted by Gasteiger charge is -2.21. The summed E-state index contributed by atoms with van der Waals surface area (Å²) in [5.41, 5.74) is 2.07. The van der Waals surface area contributed by atoms with Crippen LogP contribution in [0.15, 0.2) is 30.3 Å². The molecule has 2 rings (SSSR count). The monoisotopic (exact) mass is 273 g/mol. The normalized spacial score (nSPS) is 10.6. The van der Waals surface area contributed by atoms with Crippen molar-refractivity contribution >= 4 is 11.6 Å². The standard InChI is InChI=1S/C15H19N3O2/c1-4-17(12-7-6-8-13(19)10-12)15(20)14-9-11(3)16-18(14)5-2/h6-10,19H,4-5H2,1-3H3. The molecule has 1 amide bonds. The number of rotatable bonds is 4. The van der Waals surface area contributed by atoms with Crippen LogP contribution in [-0.4, -0.2) is 27.3 Å². The van der Waals surface area contributed by atoms with Crippen molar-refractivity contribution in [3.05, 3.63) is 41.7 Å². The van der Waals surface area contributed by atoms with Gasteiger partial charge in [0.05, 0.1) is 5.69 Å². The van der Waals surface area contributed by atoms with Crippen LogP contribution in [0.5, 0.6) is 5.75 Å². The molecule has 0 spiro atoms. The molecule has 0 unspecified atom stereocenters. The maximum atomic E-state index is 12.7. The third kappa shape index (κ3) is 2.66. The van der Waals surface area contributed by atoms with Crippen LogP contribution in [0, 0.1) is 6.92 Å². The number of hydrogen-bond donors (Lipinski definition) is 1. The molecule has 0 saturated carbocycles. The van der Waals surface area contributed by atoms with E-state index in [0.29, 0.717) is 24.5 Å². The molecule has 2 aromatic rings. The van der Waals surface area contributed by atoms with Gasteiger partial charge in [-0.25, -0.2) is 0 Å². The Labute approximate surface area is 118 Å². The number of aromatic hydroxyl groups is 1. The molecule has 0 aliphatic carbocycles. The van der Waals surface area contributed by atoms with Gasteiger partial charge < -0.3 is 10.0 Å². The van der Waals surface area contributed by atoms with E-state index in [1.807, 2.05) is 20.8 Å². The molecule has 0 radical (unpaired) electrons. The highest BCUT2D eigenvalue weighted by Crippen LogP contribution is 2.22. The number of amides is 1. The minimum atomic E-state index is -0.111. The summed E-state index contributed by atoms with van der Waals surface area (Å²) in [6.07, 6.45) is 0. The van der Waals surface area contributed by atoms with Crippen molar-refractivity contribution in [2.45, 2.75) is 27.3 Å². The first-order valence-electron chi connectivity index (χ1n) is 6.72. The first-order valence-corrected chi connectivity index (χ1v) is 6.72. The van der Waals surface area contributed by atoms with Gasteiger partial charge in [0.1, 0.15) is 11.4 Å². The van der Waals surface area contributed by atoms with E-state index in [1.54, 1.807) is 39.9 Å². The van der Waals surface area contributed by atoms with Crippen molar-refractivity contribution in [3.8, 4) is 5.75 Å². The number of aromatic nitrogens is 2. The molecule has 0 aliphatic rings. The lowest BCUT2D eigenvalue weighted by molar-refractivity contribution is 0.0978. The molecule has 5 nitrogen and oxygen atoms in total. The van der Waals surface area contributed by atoms with E-state index in [-0.39, 0.29) is 11.7 Å². The van der Waals surface area contributed by atoms with E-state index in [9.17, 15) is 9.90 Å². The molecular formula is C15H19N3O2. The third-order valence-electron chi connectivity index (χ3n) is 3.12. The average molecular weight is 273 g/mol. The van der Waals surface area contributed by atoms with Gasteiger partial charge >= 0.3 is 0 Å². The zero-order valence-electron chi connectivity index (χ0n) is 12.0. The second kappa shape index (κ2) is 5.77. The van der Waals surface area contributed by atoms with Gasteiger partial charge in [-0.2, -0.15) is 5.10 Å². The highest BCUT2D eigenvalue weighted by Gasteiger charge is 2.20. The summed E-state index contributed by atoms with van der Waals surface area (Å²) >= 11 is 0. The minimum absolute atomic E-state index is 0.111. The molecule has 0 bridgehead atoms. The van der Waals surface area contributed by atoms with E-state index in [1.165, 1.54) is 0 Å². The van der Waals surface area contributed by atoms with Crippen molar-refractivity contribution < 1.29 is 9.90 Å². The number of aryl methyl sites for hydroxylation is 2. The van der Waals surface area contributed by atoms with Crippen LogP contribution >= 0.6 is 0 Å². The minimum Gasteiger partial charge on any atom is -0.508 e. The average Bonchev–Trinajstić information content (AvgIpc) is 2.81. The molecule has 20 heavy (non-hydrogen) atoms. The molecule has 0 fully saturated rings. The van der Waals surface area contributed by atoms with Crippen molar-refractivity contribution in [3.63, 3.8) is 0 Å². The van der Waals surface area contributed by atoms with Crippen molar-refractivity contribution in [1.82, 2.24) is 9.78 Å². The number of anilines is 1. The Kier molecular flexibility index (Phi) is 4.08. The number of carbonyl (C=O) groups excluding carboxylic acids is 1. The Morgan fingerprint density at radius 3 is 2.70 bits per heavy atom. The van der Waals surface area contributed by atoms with Gasteiger partial charge in [-0.1, -0.05) is 6.07 Å². The lowest BCUT2D eigenvalue weighted by atomic mass is 10.2. The fourth-order valence-electron chi connectivity index (χ4n) is 2.20. The number of nitrogens with zero attached hydrogens (tertiary/aromatic N) is 3. The molecule has 1 N–H and O–H groups in total. The summed E-state index contributed by atoms with van der Waals surface area (Å²) < 4.78 is 1.70. The largest absolute Gasteiger partial charge is 0.508 e. The van der Waals surface area contributed by atoms with Crippen LogP contribution < -0.4 is 4.90 Å². The van der Waals surface area contributed by atoms with Crippen LogP contribution in [0.3, 0.4) is 0 Å². The smallest absolute Gasteiger partial charge is 0.276 e. The van der Waals surface area contributed by atoms with Crippen LogP contribution in [0.4, 0.5) is 5.69 Å². The summed E-state index contributed by atoms with van der Waals surface area (Å²) in [4.78, 5) is 14.3. The fraction of sp³-hybridized carbons (Fsp3) is 0.333. The molecule has 106 valence electrons. The van der Waals surface area contributed by atoms with E-state index in [4.69, 9.17) is 0 Å². The molecule has 1 aromatic carbocycles. The SMILES string of the molecule is CCN(C(=O)c1cc(C)nn1CC)c1cccc(O)c1. The maximum Gasteiger partial charge on any atom is 0.276 e. The van der Waals surface area contributed by atoms with Gasteiger partial charge in [-0.05, 0) is 39.0 Å². The predicted molar refractivity (Wildman–Crippen MR) is 78.1 cm³/mol. The highest BCUT2D eigenvalue weighted by molar-refractivity contribution is 6.05. The molecule has 0 atom stereocenters. The first-order chi connectivity index (χ1) is 9.56. The first kappa shape index (κ1) is 14.1. The maximum absolute atomic E-state index is 12.7. The topological polar surface area (TPSA) is 58.4 Å². The Morgan fingerprint density at radius 2 is 2.10 bits per heavy atom. The van der Waals surface area contributed by atoms with Crippen LogP contribution in [0.2, 0.25) is 0 Å². The molecule has 5 heteroatoms. The zero-order chi connectivity index (χ0) is 14.7. The Morgan fingerprint density at radius 1 is 1.35 bits per heavy atom. The summed E-state index contributed by atoms with van der Waals surface area (Å²) in [7, 11) is 0.